The average molecular weight is 521 g/mol. The van der Waals surface area contributed by atoms with Crippen LogP contribution in [0.4, 0.5) is 4.79 Å². The maximum absolute atomic E-state index is 11.5. The molecule has 0 radical (unpaired) electrons. The van der Waals surface area contributed by atoms with Crippen molar-refractivity contribution in [2.24, 2.45) is 5.41 Å². The summed E-state index contributed by atoms with van der Waals surface area (Å²) in [5.74, 6) is 1.90. The molecule has 1 aromatic heterocycles. The SMILES string of the molecule is CCc1cc(OCCCN(CC(C)(C)C)C(=O)O)ccc1-c1nnc(-c2ccc(OC(C)C)c(C#N)c2)o1. The number of rotatable bonds is 11. The van der Waals surface area contributed by atoms with Crippen LogP contribution in [-0.4, -0.2) is 52.1 Å². The van der Waals surface area contributed by atoms with E-state index in [4.69, 9.17) is 13.9 Å². The first kappa shape index (κ1) is 28.5. The van der Waals surface area contributed by atoms with Crippen LogP contribution in [0, 0.1) is 16.7 Å². The molecule has 0 bridgehead atoms. The van der Waals surface area contributed by atoms with Gasteiger partial charge in [0.1, 0.15) is 17.6 Å². The third-order valence-corrected chi connectivity index (χ3v) is 5.60. The molecule has 3 rings (SSSR count). The first-order valence-corrected chi connectivity index (χ1v) is 12.8. The second-order valence-electron chi connectivity index (χ2n) is 10.5. The molecule has 0 aliphatic carbocycles. The maximum atomic E-state index is 11.5. The number of nitrogens with zero attached hydrogens (tertiary/aromatic N) is 4. The van der Waals surface area contributed by atoms with Gasteiger partial charge in [-0.25, -0.2) is 4.79 Å². The van der Waals surface area contributed by atoms with Gasteiger partial charge in [0.05, 0.1) is 18.3 Å². The summed E-state index contributed by atoms with van der Waals surface area (Å²) in [5, 5.41) is 27.4. The number of hydrogen-bond acceptors (Lipinski definition) is 7. The molecule has 0 aliphatic heterocycles. The first-order chi connectivity index (χ1) is 18.0. The molecule has 202 valence electrons. The molecule has 2 aromatic carbocycles. The zero-order chi connectivity index (χ0) is 27.9. The Morgan fingerprint density at radius 2 is 1.89 bits per heavy atom. The number of carboxylic acid groups (broad SMARTS) is 1. The molecule has 0 fully saturated rings. The Labute approximate surface area is 224 Å². The molecule has 1 N–H and O–H groups in total. The molecule has 3 aromatic rings. The number of ether oxygens (including phenoxy) is 2. The van der Waals surface area contributed by atoms with E-state index in [1.165, 1.54) is 4.90 Å². The van der Waals surface area contributed by atoms with Gasteiger partial charge in [-0.3, -0.25) is 0 Å². The molecule has 0 atom stereocenters. The summed E-state index contributed by atoms with van der Waals surface area (Å²) in [6.45, 7) is 13.2. The lowest BCUT2D eigenvalue weighted by molar-refractivity contribution is 0.122. The fourth-order valence-electron chi connectivity index (χ4n) is 3.98. The minimum absolute atomic E-state index is 0.0460. The molecule has 0 aliphatic rings. The molecule has 0 saturated heterocycles. The first-order valence-electron chi connectivity index (χ1n) is 12.8. The highest BCUT2D eigenvalue weighted by atomic mass is 16.5. The highest BCUT2D eigenvalue weighted by molar-refractivity contribution is 5.65. The van der Waals surface area contributed by atoms with Gasteiger partial charge < -0.3 is 23.9 Å². The van der Waals surface area contributed by atoms with Crippen molar-refractivity contribution in [2.45, 2.75) is 60.5 Å². The largest absolute Gasteiger partial charge is 0.494 e. The lowest BCUT2D eigenvalue weighted by atomic mass is 9.96. The zero-order valence-corrected chi connectivity index (χ0v) is 22.9. The standard InChI is InChI=1S/C29H36N4O5/c1-7-20-16-23(36-14-8-13-33(28(34)35)18-29(4,5)6)10-11-24(20)27-32-31-26(38-27)21-9-12-25(37-19(2)3)22(15-21)17-30/h9-12,15-16,19H,7-8,13-14,18H2,1-6H3,(H,34,35). The number of amides is 1. The van der Waals surface area contributed by atoms with E-state index in [9.17, 15) is 15.2 Å². The van der Waals surface area contributed by atoms with Gasteiger partial charge in [0.2, 0.25) is 11.8 Å². The number of hydrogen-bond donors (Lipinski definition) is 1. The van der Waals surface area contributed by atoms with Crippen LogP contribution < -0.4 is 9.47 Å². The van der Waals surface area contributed by atoms with Gasteiger partial charge in [-0.15, -0.1) is 10.2 Å². The van der Waals surface area contributed by atoms with Crippen molar-refractivity contribution < 1.29 is 23.8 Å². The number of aryl methyl sites for hydroxylation is 1. The molecule has 1 amide bonds. The zero-order valence-electron chi connectivity index (χ0n) is 22.9. The molecule has 0 saturated carbocycles. The Morgan fingerprint density at radius 1 is 1.16 bits per heavy atom. The number of benzene rings is 2. The number of carbonyl (C=O) groups is 1. The molecule has 38 heavy (non-hydrogen) atoms. The summed E-state index contributed by atoms with van der Waals surface area (Å²) in [6.07, 6.45) is 0.350. The molecule has 9 nitrogen and oxygen atoms in total. The lowest BCUT2D eigenvalue weighted by Crippen LogP contribution is -2.37. The van der Waals surface area contributed by atoms with Crippen molar-refractivity contribution in [1.82, 2.24) is 15.1 Å². The Bertz CT molecular complexity index is 1290. The maximum Gasteiger partial charge on any atom is 0.407 e. The third kappa shape index (κ3) is 7.72. The van der Waals surface area contributed by atoms with Crippen molar-refractivity contribution in [3.8, 4) is 40.5 Å². The van der Waals surface area contributed by atoms with Gasteiger partial charge in [-0.1, -0.05) is 27.7 Å². The van der Waals surface area contributed by atoms with Crippen LogP contribution in [0.5, 0.6) is 11.5 Å². The van der Waals surface area contributed by atoms with Crippen molar-refractivity contribution >= 4 is 6.09 Å². The van der Waals surface area contributed by atoms with E-state index in [1.807, 2.05) is 59.7 Å². The predicted molar refractivity (Wildman–Crippen MR) is 144 cm³/mol. The Balaban J connectivity index is 1.69. The van der Waals surface area contributed by atoms with Crippen molar-refractivity contribution in [2.75, 3.05) is 19.7 Å². The second kappa shape index (κ2) is 12.5. The fourth-order valence-corrected chi connectivity index (χ4v) is 3.98. The number of nitriles is 1. The van der Waals surface area contributed by atoms with Gasteiger partial charge in [-0.05, 0) is 74.1 Å². The van der Waals surface area contributed by atoms with Gasteiger partial charge in [0.15, 0.2) is 0 Å². The molecule has 0 spiro atoms. The Kier molecular flexibility index (Phi) is 9.35. The normalized spacial score (nSPS) is 11.3. The topological polar surface area (TPSA) is 122 Å². The van der Waals surface area contributed by atoms with E-state index in [0.29, 0.717) is 60.5 Å². The van der Waals surface area contributed by atoms with E-state index >= 15 is 0 Å². The van der Waals surface area contributed by atoms with Crippen molar-refractivity contribution in [1.29, 1.82) is 5.26 Å². The Hall–Kier alpha value is -4.06. The minimum Gasteiger partial charge on any atom is -0.494 e. The molecule has 9 heteroatoms. The summed E-state index contributed by atoms with van der Waals surface area (Å²) in [5.41, 5.74) is 2.72. The minimum atomic E-state index is -0.917. The van der Waals surface area contributed by atoms with Gasteiger partial charge in [0.25, 0.3) is 0 Å². The van der Waals surface area contributed by atoms with Crippen LogP contribution in [0.3, 0.4) is 0 Å². The fraction of sp³-hybridized carbons (Fsp3) is 0.448. The van der Waals surface area contributed by atoms with Gasteiger partial charge in [-0.2, -0.15) is 5.26 Å². The highest BCUT2D eigenvalue weighted by Gasteiger charge is 2.20. The summed E-state index contributed by atoms with van der Waals surface area (Å²) in [6, 6.07) is 13.0. The van der Waals surface area contributed by atoms with Crippen LogP contribution in [-0.2, 0) is 6.42 Å². The van der Waals surface area contributed by atoms with E-state index in [1.54, 1.807) is 18.2 Å². The lowest BCUT2D eigenvalue weighted by Gasteiger charge is -2.27. The monoisotopic (exact) mass is 520 g/mol. The second-order valence-corrected chi connectivity index (χ2v) is 10.5. The summed E-state index contributed by atoms with van der Waals surface area (Å²) < 4.78 is 17.6. The van der Waals surface area contributed by atoms with Crippen LogP contribution in [0.25, 0.3) is 22.9 Å². The molecule has 0 unspecified atom stereocenters. The van der Waals surface area contributed by atoms with Gasteiger partial charge in [0, 0.05) is 24.2 Å². The van der Waals surface area contributed by atoms with E-state index in [-0.39, 0.29) is 11.5 Å². The van der Waals surface area contributed by atoms with Crippen LogP contribution >= 0.6 is 0 Å². The highest BCUT2D eigenvalue weighted by Crippen LogP contribution is 2.31. The van der Waals surface area contributed by atoms with Crippen LogP contribution in [0.2, 0.25) is 0 Å². The van der Waals surface area contributed by atoms with Crippen LogP contribution in [0.15, 0.2) is 40.8 Å². The van der Waals surface area contributed by atoms with E-state index < -0.39 is 6.09 Å². The predicted octanol–water partition coefficient (Wildman–Crippen LogP) is 6.42. The Morgan fingerprint density at radius 3 is 2.53 bits per heavy atom. The number of aromatic nitrogens is 2. The van der Waals surface area contributed by atoms with Crippen molar-refractivity contribution in [3.05, 3.63) is 47.5 Å². The molecular formula is C29H36N4O5. The van der Waals surface area contributed by atoms with E-state index in [2.05, 4.69) is 16.3 Å². The summed E-state index contributed by atoms with van der Waals surface area (Å²) in [7, 11) is 0. The summed E-state index contributed by atoms with van der Waals surface area (Å²) in [4.78, 5) is 13.0. The average Bonchev–Trinajstić information content (AvgIpc) is 3.35. The molecule has 1 heterocycles. The smallest absolute Gasteiger partial charge is 0.407 e. The van der Waals surface area contributed by atoms with Gasteiger partial charge >= 0.3 is 6.09 Å². The summed E-state index contributed by atoms with van der Waals surface area (Å²) >= 11 is 0. The quantitative estimate of drug-likeness (QED) is 0.287. The van der Waals surface area contributed by atoms with E-state index in [0.717, 1.165) is 17.5 Å². The van der Waals surface area contributed by atoms with Crippen LogP contribution in [0.1, 0.15) is 59.1 Å². The van der Waals surface area contributed by atoms with Crippen molar-refractivity contribution in [3.63, 3.8) is 0 Å². The molecular weight excluding hydrogens is 484 g/mol. The third-order valence-electron chi connectivity index (χ3n) is 5.60.